The van der Waals surface area contributed by atoms with Crippen LogP contribution in [0.25, 0.3) is 0 Å². The molecular formula is C38H52N6O3. The standard InChI is InChI=1S/C15H15NO.C12H16N2O.C11H21N3O/c16-15(17)11-14(12-7-3-1-4-8-12)13-9-5-2-6-10-13;13-12(15)14-8-6-11(7-9-14)10-4-2-1-3-5-10;12-11(15)14-8-4-10(5-9-14)13-6-2-1-3-7-13/h1-10,14H,11H2,(H2,16,17);1-5,11H,6-9H2,(H2,13,15);10H,1-9H2,(H2,12,15). The summed E-state index contributed by atoms with van der Waals surface area (Å²) in [5.74, 6) is 0.361. The molecule has 0 bridgehead atoms. The molecule has 6 rings (SSSR count). The fourth-order valence-corrected chi connectivity index (χ4v) is 6.89. The molecule has 0 saturated carbocycles. The molecule has 9 nitrogen and oxygen atoms in total. The number of urea groups is 2. The number of nitrogens with zero attached hydrogens (tertiary/aromatic N) is 3. The number of primary amides is 3. The Morgan fingerprint density at radius 1 is 0.574 bits per heavy atom. The number of piperidine rings is 3. The molecule has 252 valence electrons. The molecule has 9 heteroatoms. The molecule has 0 aliphatic carbocycles. The Bertz CT molecular complexity index is 1310. The first-order valence-corrected chi connectivity index (χ1v) is 17.1. The number of hydrogen-bond donors (Lipinski definition) is 3. The molecular weight excluding hydrogens is 588 g/mol. The zero-order chi connectivity index (χ0) is 33.4. The van der Waals surface area contributed by atoms with E-state index in [1.54, 1.807) is 9.80 Å². The molecule has 0 radical (unpaired) electrons. The summed E-state index contributed by atoms with van der Waals surface area (Å²) >= 11 is 0. The average Bonchev–Trinajstić information content (AvgIpc) is 3.13. The van der Waals surface area contributed by atoms with Crippen LogP contribution >= 0.6 is 0 Å². The third kappa shape index (κ3) is 11.4. The summed E-state index contributed by atoms with van der Waals surface area (Å²) in [7, 11) is 0. The van der Waals surface area contributed by atoms with Crippen LogP contribution in [0, 0.1) is 0 Å². The van der Waals surface area contributed by atoms with Crippen LogP contribution in [-0.2, 0) is 4.79 Å². The molecule has 6 N–H and O–H groups in total. The highest BCUT2D eigenvalue weighted by atomic mass is 16.2. The molecule has 3 fully saturated rings. The van der Waals surface area contributed by atoms with Gasteiger partial charge in [-0.25, -0.2) is 9.59 Å². The minimum Gasteiger partial charge on any atom is -0.370 e. The topological polar surface area (TPSA) is 139 Å². The molecule has 0 atom stereocenters. The van der Waals surface area contributed by atoms with Gasteiger partial charge in [-0.05, 0) is 74.2 Å². The maximum atomic E-state index is 11.2. The summed E-state index contributed by atoms with van der Waals surface area (Å²) in [6.07, 6.45) is 8.66. The number of amides is 5. The van der Waals surface area contributed by atoms with E-state index in [1.807, 2.05) is 66.7 Å². The zero-order valence-corrected chi connectivity index (χ0v) is 27.6. The van der Waals surface area contributed by atoms with Crippen LogP contribution in [0.2, 0.25) is 0 Å². The fourth-order valence-electron chi connectivity index (χ4n) is 6.89. The van der Waals surface area contributed by atoms with Gasteiger partial charge in [0.25, 0.3) is 0 Å². The Morgan fingerprint density at radius 2 is 1.00 bits per heavy atom. The van der Waals surface area contributed by atoms with E-state index in [-0.39, 0.29) is 23.9 Å². The second kappa shape index (κ2) is 18.7. The number of carbonyl (C=O) groups is 3. The van der Waals surface area contributed by atoms with Crippen LogP contribution < -0.4 is 17.2 Å². The summed E-state index contributed by atoms with van der Waals surface area (Å²) in [5, 5.41) is 0. The SMILES string of the molecule is NC(=O)CC(c1ccccc1)c1ccccc1.NC(=O)N1CCC(N2CCCCC2)CC1.NC(=O)N1CCC(c2ccccc2)CC1. The van der Waals surface area contributed by atoms with Crippen LogP contribution in [0.15, 0.2) is 91.0 Å². The van der Waals surface area contributed by atoms with E-state index in [2.05, 4.69) is 29.2 Å². The summed E-state index contributed by atoms with van der Waals surface area (Å²) in [6.45, 7) is 5.76. The molecule has 3 aliphatic rings. The second-order valence-electron chi connectivity index (χ2n) is 12.7. The predicted molar refractivity (Wildman–Crippen MR) is 188 cm³/mol. The van der Waals surface area contributed by atoms with E-state index >= 15 is 0 Å². The van der Waals surface area contributed by atoms with Gasteiger partial charge in [-0.15, -0.1) is 0 Å². The smallest absolute Gasteiger partial charge is 0.314 e. The number of rotatable bonds is 6. The lowest BCUT2D eigenvalue weighted by Crippen LogP contribution is -2.49. The first kappa shape index (κ1) is 35.5. The summed E-state index contributed by atoms with van der Waals surface area (Å²) in [5.41, 5.74) is 19.5. The van der Waals surface area contributed by atoms with Crippen molar-refractivity contribution >= 4 is 18.0 Å². The van der Waals surface area contributed by atoms with Crippen molar-refractivity contribution in [2.45, 2.75) is 69.2 Å². The number of hydrogen-bond acceptors (Lipinski definition) is 4. The minimum atomic E-state index is -0.290. The highest BCUT2D eigenvalue weighted by molar-refractivity contribution is 5.75. The van der Waals surface area contributed by atoms with Gasteiger partial charge in [0.2, 0.25) is 5.91 Å². The highest BCUT2D eigenvalue weighted by Crippen LogP contribution is 2.28. The van der Waals surface area contributed by atoms with Gasteiger partial charge in [-0.1, -0.05) is 97.4 Å². The van der Waals surface area contributed by atoms with Crippen LogP contribution in [-0.4, -0.2) is 78.0 Å². The Balaban J connectivity index is 0.000000160. The zero-order valence-electron chi connectivity index (χ0n) is 27.6. The largest absolute Gasteiger partial charge is 0.370 e. The quantitative estimate of drug-likeness (QED) is 0.320. The third-order valence-electron chi connectivity index (χ3n) is 9.57. The lowest BCUT2D eigenvalue weighted by molar-refractivity contribution is -0.118. The van der Waals surface area contributed by atoms with Crippen molar-refractivity contribution in [2.75, 3.05) is 39.3 Å². The summed E-state index contributed by atoms with van der Waals surface area (Å²) in [4.78, 5) is 39.2. The van der Waals surface area contributed by atoms with Gasteiger partial charge in [-0.3, -0.25) is 4.79 Å². The van der Waals surface area contributed by atoms with Gasteiger partial charge in [-0.2, -0.15) is 0 Å². The molecule has 0 aromatic heterocycles. The molecule has 0 spiro atoms. The number of likely N-dealkylation sites (tertiary alicyclic amines) is 3. The van der Waals surface area contributed by atoms with Crippen molar-refractivity contribution < 1.29 is 14.4 Å². The number of benzene rings is 3. The van der Waals surface area contributed by atoms with E-state index in [4.69, 9.17) is 17.2 Å². The predicted octanol–water partition coefficient (Wildman–Crippen LogP) is 5.65. The van der Waals surface area contributed by atoms with Gasteiger partial charge in [0, 0.05) is 44.6 Å². The van der Waals surface area contributed by atoms with Crippen LogP contribution in [0.1, 0.15) is 79.9 Å². The number of nitrogens with two attached hydrogens (primary N) is 3. The van der Waals surface area contributed by atoms with Crippen molar-refractivity contribution in [3.05, 3.63) is 108 Å². The number of carbonyl (C=O) groups excluding carboxylic acids is 3. The Morgan fingerprint density at radius 3 is 1.43 bits per heavy atom. The first-order chi connectivity index (χ1) is 22.8. The molecule has 0 unspecified atom stereocenters. The van der Waals surface area contributed by atoms with E-state index < -0.39 is 0 Å². The van der Waals surface area contributed by atoms with Gasteiger partial charge in [0.05, 0.1) is 0 Å². The molecule has 3 aromatic rings. The van der Waals surface area contributed by atoms with Gasteiger partial charge in [0.15, 0.2) is 0 Å². The molecule has 3 aliphatic heterocycles. The first-order valence-electron chi connectivity index (χ1n) is 17.1. The molecule has 3 aromatic carbocycles. The van der Waals surface area contributed by atoms with Crippen LogP contribution in [0.4, 0.5) is 9.59 Å². The maximum absolute atomic E-state index is 11.2. The van der Waals surface area contributed by atoms with Gasteiger partial charge < -0.3 is 31.9 Å². The minimum absolute atomic E-state index is 0.0508. The van der Waals surface area contributed by atoms with Crippen LogP contribution in [0.3, 0.4) is 0 Å². The lowest BCUT2D eigenvalue weighted by Gasteiger charge is -2.39. The van der Waals surface area contributed by atoms with Crippen molar-refractivity contribution in [2.24, 2.45) is 17.2 Å². The van der Waals surface area contributed by atoms with Crippen molar-refractivity contribution in [1.82, 2.24) is 14.7 Å². The molecule has 5 amide bonds. The van der Waals surface area contributed by atoms with E-state index in [0.717, 1.165) is 63.0 Å². The van der Waals surface area contributed by atoms with E-state index in [0.29, 0.717) is 18.4 Å². The third-order valence-corrected chi connectivity index (χ3v) is 9.57. The van der Waals surface area contributed by atoms with Crippen molar-refractivity contribution in [3.8, 4) is 0 Å². The highest BCUT2D eigenvalue weighted by Gasteiger charge is 2.26. The molecule has 3 heterocycles. The van der Waals surface area contributed by atoms with E-state index in [9.17, 15) is 14.4 Å². The van der Waals surface area contributed by atoms with Gasteiger partial charge in [0.1, 0.15) is 0 Å². The average molecular weight is 641 g/mol. The summed E-state index contributed by atoms with van der Waals surface area (Å²) < 4.78 is 0. The normalized spacial score (nSPS) is 17.6. The van der Waals surface area contributed by atoms with Gasteiger partial charge >= 0.3 is 12.1 Å². The molecule has 47 heavy (non-hydrogen) atoms. The van der Waals surface area contributed by atoms with E-state index in [1.165, 1.54) is 37.9 Å². The Kier molecular flexibility index (Phi) is 14.1. The Labute approximate surface area is 280 Å². The Hall–Kier alpha value is -4.37. The van der Waals surface area contributed by atoms with Crippen molar-refractivity contribution in [1.29, 1.82) is 0 Å². The lowest BCUT2D eigenvalue weighted by atomic mass is 9.88. The second-order valence-corrected chi connectivity index (χ2v) is 12.7. The fraction of sp³-hybridized carbons (Fsp3) is 0.447. The van der Waals surface area contributed by atoms with Crippen molar-refractivity contribution in [3.63, 3.8) is 0 Å². The summed E-state index contributed by atoms with van der Waals surface area (Å²) in [6, 6.07) is 30.6. The monoisotopic (exact) mass is 640 g/mol. The molecule has 3 saturated heterocycles. The maximum Gasteiger partial charge on any atom is 0.314 e. The van der Waals surface area contributed by atoms with Crippen LogP contribution in [0.5, 0.6) is 0 Å².